The van der Waals surface area contributed by atoms with Gasteiger partial charge >= 0.3 is 0 Å². The van der Waals surface area contributed by atoms with E-state index in [0.717, 1.165) is 17.3 Å². The summed E-state index contributed by atoms with van der Waals surface area (Å²) in [6, 6.07) is 7.66. The maximum Gasteiger partial charge on any atom is 0.224 e. The second-order valence-corrected chi connectivity index (χ2v) is 5.86. The van der Waals surface area contributed by atoms with Gasteiger partial charge in [0.2, 0.25) is 5.91 Å². The molecule has 1 amide bonds. The maximum atomic E-state index is 12.0. The van der Waals surface area contributed by atoms with Gasteiger partial charge in [-0.1, -0.05) is 59.6 Å². The number of amides is 1. The highest BCUT2D eigenvalue weighted by Crippen LogP contribution is 2.16. The standard InChI is InChI=1S/C14H19BrClNO/c1-10(2)13(7-8-15)17-14(18)9-11-5-3-4-6-12(11)16/h3-6,10,13H,7-9H2,1-2H3,(H,17,18). The van der Waals surface area contributed by atoms with Crippen molar-refractivity contribution in [3.8, 4) is 0 Å². The van der Waals surface area contributed by atoms with Crippen molar-refractivity contribution in [2.75, 3.05) is 5.33 Å². The van der Waals surface area contributed by atoms with Crippen LogP contribution in [0.15, 0.2) is 24.3 Å². The Hall–Kier alpha value is -0.540. The number of benzene rings is 1. The monoisotopic (exact) mass is 331 g/mol. The molecule has 0 saturated heterocycles. The molecule has 1 aromatic rings. The third kappa shape index (κ3) is 4.99. The lowest BCUT2D eigenvalue weighted by Gasteiger charge is -2.21. The summed E-state index contributed by atoms with van der Waals surface area (Å²) in [7, 11) is 0. The molecule has 0 aliphatic heterocycles. The van der Waals surface area contributed by atoms with E-state index in [0.29, 0.717) is 17.4 Å². The molecule has 0 aliphatic rings. The van der Waals surface area contributed by atoms with Crippen LogP contribution in [0.5, 0.6) is 0 Å². The van der Waals surface area contributed by atoms with Crippen molar-refractivity contribution in [3.05, 3.63) is 34.9 Å². The molecule has 0 aliphatic carbocycles. The molecule has 1 rings (SSSR count). The van der Waals surface area contributed by atoms with Gasteiger partial charge in [0.1, 0.15) is 0 Å². The largest absolute Gasteiger partial charge is 0.353 e. The van der Waals surface area contributed by atoms with Crippen LogP contribution < -0.4 is 5.32 Å². The van der Waals surface area contributed by atoms with E-state index in [2.05, 4.69) is 35.1 Å². The first-order chi connectivity index (χ1) is 8.54. The molecule has 4 heteroatoms. The van der Waals surface area contributed by atoms with Crippen LogP contribution in [0.1, 0.15) is 25.8 Å². The van der Waals surface area contributed by atoms with E-state index < -0.39 is 0 Å². The minimum absolute atomic E-state index is 0.0303. The van der Waals surface area contributed by atoms with E-state index in [1.54, 1.807) is 0 Å². The molecule has 0 aromatic heterocycles. The number of halogens is 2. The molecule has 1 atom stereocenters. The Bertz CT molecular complexity index is 395. The molecule has 18 heavy (non-hydrogen) atoms. The minimum Gasteiger partial charge on any atom is -0.353 e. The number of hydrogen-bond donors (Lipinski definition) is 1. The van der Waals surface area contributed by atoms with E-state index in [9.17, 15) is 4.79 Å². The van der Waals surface area contributed by atoms with Crippen molar-refractivity contribution >= 4 is 33.4 Å². The molecular weight excluding hydrogens is 314 g/mol. The van der Waals surface area contributed by atoms with Crippen LogP contribution in [0, 0.1) is 5.92 Å². The first-order valence-corrected chi connectivity index (χ1v) is 7.63. The number of alkyl halides is 1. The van der Waals surface area contributed by atoms with E-state index >= 15 is 0 Å². The van der Waals surface area contributed by atoms with Gasteiger partial charge in [-0.15, -0.1) is 0 Å². The fourth-order valence-corrected chi connectivity index (χ4v) is 2.46. The number of nitrogens with one attached hydrogen (secondary N) is 1. The summed E-state index contributed by atoms with van der Waals surface area (Å²) < 4.78 is 0. The molecule has 0 bridgehead atoms. The van der Waals surface area contributed by atoms with Gasteiger partial charge < -0.3 is 5.32 Å². The summed E-state index contributed by atoms with van der Waals surface area (Å²) in [5.74, 6) is 0.459. The fraction of sp³-hybridized carbons (Fsp3) is 0.500. The van der Waals surface area contributed by atoms with Crippen LogP contribution in [0.2, 0.25) is 5.02 Å². The van der Waals surface area contributed by atoms with Crippen LogP contribution in [-0.4, -0.2) is 17.3 Å². The Morgan fingerprint density at radius 2 is 2.06 bits per heavy atom. The SMILES string of the molecule is CC(C)C(CCBr)NC(=O)Cc1ccccc1Cl. The van der Waals surface area contributed by atoms with Gasteiger partial charge in [0, 0.05) is 16.4 Å². The zero-order chi connectivity index (χ0) is 13.5. The van der Waals surface area contributed by atoms with Crippen molar-refractivity contribution in [2.45, 2.75) is 32.7 Å². The van der Waals surface area contributed by atoms with Crippen LogP contribution in [0.4, 0.5) is 0 Å². The van der Waals surface area contributed by atoms with Crippen LogP contribution in [0.25, 0.3) is 0 Å². The summed E-state index contributed by atoms with van der Waals surface area (Å²) >= 11 is 9.46. The van der Waals surface area contributed by atoms with Crippen molar-refractivity contribution in [3.63, 3.8) is 0 Å². The highest BCUT2D eigenvalue weighted by molar-refractivity contribution is 9.09. The molecule has 0 spiro atoms. The van der Waals surface area contributed by atoms with Gasteiger partial charge in [-0.2, -0.15) is 0 Å². The molecule has 0 heterocycles. The van der Waals surface area contributed by atoms with Gasteiger partial charge in [0.05, 0.1) is 6.42 Å². The summed E-state index contributed by atoms with van der Waals surface area (Å²) in [5, 5.41) is 4.60. The van der Waals surface area contributed by atoms with Crippen molar-refractivity contribution < 1.29 is 4.79 Å². The molecule has 1 N–H and O–H groups in total. The number of rotatable bonds is 6. The Morgan fingerprint density at radius 3 is 2.61 bits per heavy atom. The third-order valence-electron chi connectivity index (χ3n) is 2.88. The van der Waals surface area contributed by atoms with Gasteiger partial charge in [0.25, 0.3) is 0 Å². The Balaban J connectivity index is 2.58. The second-order valence-electron chi connectivity index (χ2n) is 4.66. The summed E-state index contributed by atoms with van der Waals surface area (Å²) in [6.45, 7) is 4.23. The average Bonchev–Trinajstić information content (AvgIpc) is 2.31. The molecule has 1 unspecified atom stereocenters. The lowest BCUT2D eigenvalue weighted by Crippen LogP contribution is -2.39. The zero-order valence-corrected chi connectivity index (χ0v) is 13.1. The normalized spacial score (nSPS) is 12.5. The average molecular weight is 333 g/mol. The zero-order valence-electron chi connectivity index (χ0n) is 10.7. The van der Waals surface area contributed by atoms with E-state index in [-0.39, 0.29) is 11.9 Å². The number of hydrogen-bond acceptors (Lipinski definition) is 1. The predicted molar refractivity (Wildman–Crippen MR) is 80.3 cm³/mol. The molecule has 1 aromatic carbocycles. The van der Waals surface area contributed by atoms with Crippen molar-refractivity contribution in [2.24, 2.45) is 5.92 Å². The maximum absolute atomic E-state index is 12.0. The molecule has 0 radical (unpaired) electrons. The quantitative estimate of drug-likeness (QED) is 0.789. The molecule has 2 nitrogen and oxygen atoms in total. The third-order valence-corrected chi connectivity index (χ3v) is 3.71. The predicted octanol–water partition coefficient (Wildman–Crippen LogP) is 3.81. The first kappa shape index (κ1) is 15.5. The minimum atomic E-state index is 0.0303. The highest BCUT2D eigenvalue weighted by Gasteiger charge is 2.16. The van der Waals surface area contributed by atoms with E-state index in [1.807, 2.05) is 24.3 Å². The second kappa shape index (κ2) is 7.80. The van der Waals surface area contributed by atoms with Crippen molar-refractivity contribution in [1.29, 1.82) is 0 Å². The van der Waals surface area contributed by atoms with E-state index in [4.69, 9.17) is 11.6 Å². The Labute approximate surface area is 122 Å². The highest BCUT2D eigenvalue weighted by atomic mass is 79.9. The first-order valence-electron chi connectivity index (χ1n) is 6.13. The van der Waals surface area contributed by atoms with Gasteiger partial charge in [-0.25, -0.2) is 0 Å². The lowest BCUT2D eigenvalue weighted by molar-refractivity contribution is -0.121. The molecule has 0 saturated carbocycles. The van der Waals surface area contributed by atoms with Gasteiger partial charge in [0.15, 0.2) is 0 Å². The van der Waals surface area contributed by atoms with Gasteiger partial charge in [-0.3, -0.25) is 4.79 Å². The smallest absolute Gasteiger partial charge is 0.224 e. The summed E-state index contributed by atoms with van der Waals surface area (Å²) in [5.41, 5.74) is 0.873. The van der Waals surface area contributed by atoms with E-state index in [1.165, 1.54) is 0 Å². The van der Waals surface area contributed by atoms with Crippen LogP contribution in [0.3, 0.4) is 0 Å². The molecular formula is C14H19BrClNO. The lowest BCUT2D eigenvalue weighted by atomic mass is 10.0. The van der Waals surface area contributed by atoms with Crippen molar-refractivity contribution in [1.82, 2.24) is 5.32 Å². The number of carbonyl (C=O) groups is 1. The Morgan fingerprint density at radius 1 is 1.39 bits per heavy atom. The molecule has 100 valence electrons. The summed E-state index contributed by atoms with van der Waals surface area (Å²) in [4.78, 5) is 12.0. The van der Waals surface area contributed by atoms with Gasteiger partial charge in [-0.05, 0) is 24.0 Å². The number of carbonyl (C=O) groups excluding carboxylic acids is 1. The fourth-order valence-electron chi connectivity index (χ4n) is 1.76. The van der Waals surface area contributed by atoms with Crippen LogP contribution >= 0.6 is 27.5 Å². The topological polar surface area (TPSA) is 29.1 Å². The Kier molecular flexibility index (Phi) is 6.72. The molecule has 0 fully saturated rings. The summed E-state index contributed by atoms with van der Waals surface area (Å²) in [6.07, 6.45) is 1.27. The van der Waals surface area contributed by atoms with Crippen LogP contribution in [-0.2, 0) is 11.2 Å².